The van der Waals surface area contributed by atoms with E-state index in [1.807, 2.05) is 30.3 Å². The summed E-state index contributed by atoms with van der Waals surface area (Å²) in [6.07, 6.45) is 1.10. The molecule has 1 aliphatic heterocycles. The number of para-hydroxylation sites is 1. The summed E-state index contributed by atoms with van der Waals surface area (Å²) >= 11 is 0. The van der Waals surface area contributed by atoms with E-state index in [1.54, 1.807) is 35.7 Å². The van der Waals surface area contributed by atoms with Crippen molar-refractivity contribution in [3.05, 3.63) is 76.2 Å². The monoisotopic (exact) mass is 434 g/mol. The number of nitrogens with zero attached hydrogens (tertiary/aromatic N) is 3. The smallest absolute Gasteiger partial charge is 0.322 e. The summed E-state index contributed by atoms with van der Waals surface area (Å²) in [6, 6.07) is 15.2. The fourth-order valence-corrected chi connectivity index (χ4v) is 4.10. The SMILES string of the molecule is Cc1c(NC(=O)N2CCC(C(=O)c3ccc(O)cc3)CC2)c(=O)n(-c2ccccc2)n1C. The van der Waals surface area contributed by atoms with Crippen LogP contribution in [-0.4, -0.2) is 44.3 Å². The molecule has 2 N–H and O–H groups in total. The molecule has 0 radical (unpaired) electrons. The quantitative estimate of drug-likeness (QED) is 0.616. The molecule has 3 aromatic rings. The number of likely N-dealkylation sites (tertiary alicyclic amines) is 1. The Morgan fingerprint density at radius 3 is 2.25 bits per heavy atom. The van der Waals surface area contributed by atoms with Crippen molar-refractivity contribution in [2.45, 2.75) is 19.8 Å². The third kappa shape index (κ3) is 4.03. The molecule has 0 atom stereocenters. The molecule has 2 aromatic carbocycles. The molecule has 0 saturated carbocycles. The van der Waals surface area contributed by atoms with Gasteiger partial charge in [-0.15, -0.1) is 0 Å². The van der Waals surface area contributed by atoms with Gasteiger partial charge in [0.15, 0.2) is 5.78 Å². The Kier molecular flexibility index (Phi) is 5.85. The van der Waals surface area contributed by atoms with Crippen molar-refractivity contribution in [3.8, 4) is 11.4 Å². The van der Waals surface area contributed by atoms with Gasteiger partial charge in [0, 0.05) is 31.6 Å². The maximum atomic E-state index is 13.0. The Labute approximate surface area is 185 Å². The molecule has 0 spiro atoms. The molecule has 1 aromatic heterocycles. The molecule has 2 amide bonds. The maximum absolute atomic E-state index is 13.0. The number of carbonyl (C=O) groups excluding carboxylic acids is 2. The first-order valence-corrected chi connectivity index (χ1v) is 10.6. The zero-order valence-electron chi connectivity index (χ0n) is 18.1. The standard InChI is InChI=1S/C24H26N4O4/c1-16-21(23(31)28(26(16)2)19-6-4-3-5-7-19)25-24(32)27-14-12-18(13-15-27)22(30)17-8-10-20(29)11-9-17/h3-11,18,29H,12-15H2,1-2H3,(H,25,32). The second-order valence-electron chi connectivity index (χ2n) is 8.04. The van der Waals surface area contributed by atoms with Gasteiger partial charge in [-0.3, -0.25) is 14.3 Å². The van der Waals surface area contributed by atoms with Crippen molar-refractivity contribution in [1.82, 2.24) is 14.3 Å². The van der Waals surface area contributed by atoms with Crippen molar-refractivity contribution in [3.63, 3.8) is 0 Å². The number of carbonyl (C=O) groups is 2. The number of nitrogens with one attached hydrogen (secondary N) is 1. The number of amides is 2. The van der Waals surface area contributed by atoms with Gasteiger partial charge in [0.2, 0.25) is 0 Å². The zero-order chi connectivity index (χ0) is 22.8. The van der Waals surface area contributed by atoms with Crippen LogP contribution >= 0.6 is 0 Å². The molecule has 166 valence electrons. The summed E-state index contributed by atoms with van der Waals surface area (Å²) in [4.78, 5) is 40.2. The van der Waals surface area contributed by atoms with Crippen molar-refractivity contribution in [2.24, 2.45) is 13.0 Å². The summed E-state index contributed by atoms with van der Waals surface area (Å²) in [6.45, 7) is 2.65. The third-order valence-corrected chi connectivity index (χ3v) is 6.09. The fourth-order valence-electron chi connectivity index (χ4n) is 4.10. The largest absolute Gasteiger partial charge is 0.508 e. The Bertz CT molecular complexity index is 1190. The first-order valence-electron chi connectivity index (χ1n) is 10.6. The van der Waals surface area contributed by atoms with Crippen LogP contribution in [0.25, 0.3) is 5.69 Å². The number of phenols is 1. The molecule has 0 bridgehead atoms. The molecular formula is C24H26N4O4. The highest BCUT2D eigenvalue weighted by Crippen LogP contribution is 2.24. The van der Waals surface area contributed by atoms with Gasteiger partial charge in [-0.05, 0) is 56.2 Å². The molecular weight excluding hydrogens is 408 g/mol. The predicted molar refractivity (Wildman–Crippen MR) is 122 cm³/mol. The summed E-state index contributed by atoms with van der Waals surface area (Å²) in [5.74, 6) is -0.0253. The molecule has 8 nitrogen and oxygen atoms in total. The summed E-state index contributed by atoms with van der Waals surface area (Å²) in [5, 5.41) is 12.2. The van der Waals surface area contributed by atoms with Gasteiger partial charge in [0.05, 0.1) is 11.4 Å². The number of phenolic OH excluding ortho intramolecular Hbond substituents is 1. The number of ketones is 1. The number of benzene rings is 2. The Morgan fingerprint density at radius 2 is 1.62 bits per heavy atom. The van der Waals surface area contributed by atoms with Crippen LogP contribution in [0, 0.1) is 12.8 Å². The number of anilines is 1. The highest BCUT2D eigenvalue weighted by Gasteiger charge is 2.29. The normalized spacial score (nSPS) is 14.4. The van der Waals surface area contributed by atoms with E-state index in [0.717, 1.165) is 5.69 Å². The zero-order valence-corrected chi connectivity index (χ0v) is 18.1. The average Bonchev–Trinajstić information content (AvgIpc) is 3.02. The first kappa shape index (κ1) is 21.4. The van der Waals surface area contributed by atoms with E-state index in [2.05, 4.69) is 5.32 Å². The summed E-state index contributed by atoms with van der Waals surface area (Å²) in [5.41, 5.74) is 1.90. The predicted octanol–water partition coefficient (Wildman–Crippen LogP) is 3.32. The molecule has 1 saturated heterocycles. The number of piperidine rings is 1. The minimum atomic E-state index is -0.341. The van der Waals surface area contributed by atoms with Crippen LogP contribution in [0.15, 0.2) is 59.4 Å². The van der Waals surface area contributed by atoms with Crippen molar-refractivity contribution in [2.75, 3.05) is 18.4 Å². The maximum Gasteiger partial charge on any atom is 0.322 e. The minimum absolute atomic E-state index is 0.0229. The number of aromatic hydroxyl groups is 1. The van der Waals surface area contributed by atoms with E-state index in [4.69, 9.17) is 0 Å². The van der Waals surface area contributed by atoms with E-state index < -0.39 is 0 Å². The first-order chi connectivity index (χ1) is 15.4. The Balaban J connectivity index is 1.43. The van der Waals surface area contributed by atoms with Crippen LogP contribution in [0.5, 0.6) is 5.75 Å². The van der Waals surface area contributed by atoms with Gasteiger partial charge in [0.1, 0.15) is 11.4 Å². The lowest BCUT2D eigenvalue weighted by Crippen LogP contribution is -2.43. The van der Waals surface area contributed by atoms with Crippen molar-refractivity contribution < 1.29 is 14.7 Å². The molecule has 0 unspecified atom stereocenters. The summed E-state index contributed by atoms with van der Waals surface area (Å²) < 4.78 is 3.24. The van der Waals surface area contributed by atoms with E-state index in [0.29, 0.717) is 37.2 Å². The molecule has 4 rings (SSSR count). The molecule has 8 heteroatoms. The van der Waals surface area contributed by atoms with Gasteiger partial charge in [-0.2, -0.15) is 0 Å². The summed E-state index contributed by atoms with van der Waals surface area (Å²) in [7, 11) is 1.78. The Hall–Kier alpha value is -3.81. The molecule has 1 fully saturated rings. The number of hydrogen-bond donors (Lipinski definition) is 2. The highest BCUT2D eigenvalue weighted by atomic mass is 16.3. The number of Topliss-reactive ketones (excluding diaryl/α,β-unsaturated/α-hetero) is 1. The highest BCUT2D eigenvalue weighted by molar-refractivity contribution is 5.98. The third-order valence-electron chi connectivity index (χ3n) is 6.09. The lowest BCUT2D eigenvalue weighted by atomic mass is 9.89. The van der Waals surface area contributed by atoms with E-state index >= 15 is 0 Å². The van der Waals surface area contributed by atoms with E-state index in [1.165, 1.54) is 16.8 Å². The van der Waals surface area contributed by atoms with Crippen LogP contribution < -0.4 is 10.9 Å². The molecule has 2 heterocycles. The number of rotatable bonds is 4. The second kappa shape index (κ2) is 8.74. The van der Waals surface area contributed by atoms with Crippen LogP contribution in [-0.2, 0) is 7.05 Å². The van der Waals surface area contributed by atoms with Crippen molar-refractivity contribution in [1.29, 1.82) is 0 Å². The van der Waals surface area contributed by atoms with E-state index in [9.17, 15) is 19.5 Å². The molecule has 1 aliphatic rings. The van der Waals surface area contributed by atoms with Crippen LogP contribution in [0.1, 0.15) is 28.9 Å². The minimum Gasteiger partial charge on any atom is -0.508 e. The number of aromatic nitrogens is 2. The van der Waals surface area contributed by atoms with Gasteiger partial charge < -0.3 is 15.3 Å². The van der Waals surface area contributed by atoms with Crippen LogP contribution in [0.3, 0.4) is 0 Å². The lowest BCUT2D eigenvalue weighted by Gasteiger charge is -2.31. The van der Waals surface area contributed by atoms with Crippen LogP contribution in [0.2, 0.25) is 0 Å². The Morgan fingerprint density at radius 1 is 1.00 bits per heavy atom. The van der Waals surface area contributed by atoms with Gasteiger partial charge in [-0.25, -0.2) is 9.48 Å². The van der Waals surface area contributed by atoms with Gasteiger partial charge >= 0.3 is 6.03 Å². The number of hydrogen-bond acceptors (Lipinski definition) is 4. The number of urea groups is 1. The lowest BCUT2D eigenvalue weighted by molar-refractivity contribution is 0.0859. The van der Waals surface area contributed by atoms with Gasteiger partial charge in [0.25, 0.3) is 5.56 Å². The fraction of sp³-hybridized carbons (Fsp3) is 0.292. The van der Waals surface area contributed by atoms with E-state index in [-0.39, 0.29) is 34.7 Å². The van der Waals surface area contributed by atoms with Gasteiger partial charge in [-0.1, -0.05) is 18.2 Å². The average molecular weight is 434 g/mol. The second-order valence-corrected chi connectivity index (χ2v) is 8.04. The van der Waals surface area contributed by atoms with Crippen molar-refractivity contribution >= 4 is 17.5 Å². The molecule has 32 heavy (non-hydrogen) atoms. The molecule has 0 aliphatic carbocycles. The topological polar surface area (TPSA) is 96.6 Å². The van der Waals surface area contributed by atoms with Crippen LogP contribution in [0.4, 0.5) is 10.5 Å².